The van der Waals surface area contributed by atoms with Gasteiger partial charge in [0.2, 0.25) is 0 Å². The van der Waals surface area contributed by atoms with Crippen LogP contribution in [0.15, 0.2) is 36.4 Å². The van der Waals surface area contributed by atoms with Gasteiger partial charge in [0.1, 0.15) is 0 Å². The maximum absolute atomic E-state index is 12.0. The van der Waals surface area contributed by atoms with Crippen molar-refractivity contribution in [2.75, 3.05) is 5.32 Å². The first-order chi connectivity index (χ1) is 8.97. The number of rotatable bonds is 2. The van der Waals surface area contributed by atoms with E-state index in [1.165, 1.54) is 12.1 Å². The topological polar surface area (TPSA) is 29.1 Å². The number of nitrogens with one attached hydrogen (secondary N) is 1. The second-order valence-electron chi connectivity index (χ2n) is 4.07. The first-order valence-electron chi connectivity index (χ1n) is 5.50. The van der Waals surface area contributed by atoms with E-state index < -0.39 is 0 Å². The minimum atomic E-state index is -0.288. The number of anilines is 1. The number of aryl methyl sites for hydroxylation is 1. The number of amides is 1. The highest BCUT2D eigenvalue weighted by Gasteiger charge is 2.11. The standard InChI is InChI=1S/C14H10Cl3NO/c1-8-2-4-10(5-3-8)18-14(19)9-6-11(15)13(17)12(16)7-9/h2-7H,1H3,(H,18,19). The Hall–Kier alpha value is -1.22. The summed E-state index contributed by atoms with van der Waals surface area (Å²) in [5.74, 6) is -0.288. The lowest BCUT2D eigenvalue weighted by atomic mass is 10.2. The van der Waals surface area contributed by atoms with Crippen LogP contribution >= 0.6 is 34.8 Å². The monoisotopic (exact) mass is 313 g/mol. The molecule has 0 unspecified atom stereocenters. The van der Waals surface area contributed by atoms with E-state index in [-0.39, 0.29) is 21.0 Å². The first kappa shape index (κ1) is 14.2. The summed E-state index contributed by atoms with van der Waals surface area (Å²) in [6, 6.07) is 10.5. The highest BCUT2D eigenvalue weighted by atomic mass is 35.5. The highest BCUT2D eigenvalue weighted by Crippen LogP contribution is 2.31. The lowest BCUT2D eigenvalue weighted by Crippen LogP contribution is -2.11. The van der Waals surface area contributed by atoms with E-state index in [0.717, 1.165) is 5.56 Å². The fourth-order valence-corrected chi connectivity index (χ4v) is 2.12. The lowest BCUT2D eigenvalue weighted by molar-refractivity contribution is 0.102. The molecule has 0 saturated carbocycles. The van der Waals surface area contributed by atoms with Crippen LogP contribution in [0.2, 0.25) is 15.1 Å². The third-order valence-corrected chi connectivity index (χ3v) is 3.75. The molecule has 5 heteroatoms. The third-order valence-electron chi connectivity index (χ3n) is 2.56. The van der Waals surface area contributed by atoms with Gasteiger partial charge in [0.05, 0.1) is 15.1 Å². The van der Waals surface area contributed by atoms with Gasteiger partial charge in [-0.1, -0.05) is 52.5 Å². The molecule has 0 heterocycles. The Morgan fingerprint density at radius 2 is 1.53 bits per heavy atom. The molecule has 0 aliphatic rings. The van der Waals surface area contributed by atoms with E-state index in [9.17, 15) is 4.79 Å². The zero-order chi connectivity index (χ0) is 14.0. The third kappa shape index (κ3) is 3.41. The predicted octanol–water partition coefficient (Wildman–Crippen LogP) is 5.21. The molecule has 2 aromatic rings. The van der Waals surface area contributed by atoms with Crippen LogP contribution < -0.4 is 5.32 Å². The number of carbonyl (C=O) groups is 1. The van der Waals surface area contributed by atoms with Crippen molar-refractivity contribution in [1.29, 1.82) is 0 Å². The molecular formula is C14H10Cl3NO. The molecule has 1 amide bonds. The summed E-state index contributed by atoms with van der Waals surface area (Å²) in [7, 11) is 0. The van der Waals surface area contributed by atoms with Crippen LogP contribution in [0.1, 0.15) is 15.9 Å². The Bertz CT molecular complexity index is 600. The van der Waals surface area contributed by atoms with Gasteiger partial charge in [0, 0.05) is 11.3 Å². The maximum Gasteiger partial charge on any atom is 0.255 e. The molecule has 0 aromatic heterocycles. The van der Waals surface area contributed by atoms with Gasteiger partial charge in [-0.3, -0.25) is 4.79 Å². The molecule has 19 heavy (non-hydrogen) atoms. The summed E-state index contributed by atoms with van der Waals surface area (Å²) in [5, 5.41) is 3.51. The second-order valence-corrected chi connectivity index (χ2v) is 5.27. The summed E-state index contributed by atoms with van der Waals surface area (Å²) in [6.45, 7) is 1.98. The number of hydrogen-bond acceptors (Lipinski definition) is 1. The van der Waals surface area contributed by atoms with Crippen molar-refractivity contribution in [3.05, 3.63) is 62.6 Å². The van der Waals surface area contributed by atoms with Crippen LogP contribution in [-0.4, -0.2) is 5.91 Å². The molecule has 0 saturated heterocycles. The number of benzene rings is 2. The van der Waals surface area contributed by atoms with E-state index in [1.54, 1.807) is 0 Å². The Labute approximate surface area is 126 Å². The Balaban J connectivity index is 2.23. The van der Waals surface area contributed by atoms with Crippen molar-refractivity contribution in [2.24, 2.45) is 0 Å². The fraction of sp³-hybridized carbons (Fsp3) is 0.0714. The molecule has 0 aliphatic carbocycles. The van der Waals surface area contributed by atoms with Crippen LogP contribution in [0.5, 0.6) is 0 Å². The lowest BCUT2D eigenvalue weighted by Gasteiger charge is -2.07. The summed E-state index contributed by atoms with van der Waals surface area (Å²) >= 11 is 17.6. The molecule has 0 radical (unpaired) electrons. The Kier molecular flexibility index (Phi) is 4.35. The van der Waals surface area contributed by atoms with Crippen molar-refractivity contribution in [3.8, 4) is 0 Å². The van der Waals surface area contributed by atoms with Crippen molar-refractivity contribution < 1.29 is 4.79 Å². The quantitative estimate of drug-likeness (QED) is 0.758. The Morgan fingerprint density at radius 3 is 2.05 bits per heavy atom. The number of carbonyl (C=O) groups excluding carboxylic acids is 1. The van der Waals surface area contributed by atoms with Gasteiger partial charge in [-0.25, -0.2) is 0 Å². The van der Waals surface area contributed by atoms with E-state index in [4.69, 9.17) is 34.8 Å². The van der Waals surface area contributed by atoms with Crippen molar-refractivity contribution in [3.63, 3.8) is 0 Å². The molecule has 0 bridgehead atoms. The maximum atomic E-state index is 12.0. The van der Waals surface area contributed by atoms with Crippen molar-refractivity contribution >= 4 is 46.4 Å². The molecule has 2 aromatic carbocycles. The van der Waals surface area contributed by atoms with Gasteiger partial charge >= 0.3 is 0 Å². The summed E-state index contributed by atoms with van der Waals surface area (Å²) in [4.78, 5) is 12.0. The van der Waals surface area contributed by atoms with Gasteiger partial charge in [0.25, 0.3) is 5.91 Å². The van der Waals surface area contributed by atoms with Crippen LogP contribution in [-0.2, 0) is 0 Å². The van der Waals surface area contributed by atoms with Crippen LogP contribution in [0.25, 0.3) is 0 Å². The van der Waals surface area contributed by atoms with Crippen LogP contribution in [0.3, 0.4) is 0 Å². The Morgan fingerprint density at radius 1 is 1.00 bits per heavy atom. The number of halogens is 3. The molecule has 0 atom stereocenters. The van der Waals surface area contributed by atoms with Crippen LogP contribution in [0, 0.1) is 6.92 Å². The molecule has 98 valence electrons. The van der Waals surface area contributed by atoms with Gasteiger partial charge < -0.3 is 5.32 Å². The SMILES string of the molecule is Cc1ccc(NC(=O)c2cc(Cl)c(Cl)c(Cl)c2)cc1. The predicted molar refractivity (Wildman–Crippen MR) is 80.6 cm³/mol. The minimum absolute atomic E-state index is 0.246. The second kappa shape index (κ2) is 5.83. The average molecular weight is 315 g/mol. The largest absolute Gasteiger partial charge is 0.322 e. The van der Waals surface area contributed by atoms with Gasteiger partial charge in [-0.05, 0) is 31.2 Å². The van der Waals surface area contributed by atoms with E-state index in [0.29, 0.717) is 11.3 Å². The van der Waals surface area contributed by atoms with Crippen molar-refractivity contribution in [1.82, 2.24) is 0 Å². The highest BCUT2D eigenvalue weighted by molar-refractivity contribution is 6.48. The molecular weight excluding hydrogens is 305 g/mol. The zero-order valence-corrected chi connectivity index (χ0v) is 12.3. The fourth-order valence-electron chi connectivity index (χ4n) is 1.53. The molecule has 0 aliphatic heterocycles. The van der Waals surface area contributed by atoms with Gasteiger partial charge in [0.15, 0.2) is 0 Å². The van der Waals surface area contributed by atoms with Gasteiger partial charge in [-0.15, -0.1) is 0 Å². The smallest absolute Gasteiger partial charge is 0.255 e. The minimum Gasteiger partial charge on any atom is -0.322 e. The van der Waals surface area contributed by atoms with Crippen LogP contribution in [0.4, 0.5) is 5.69 Å². The molecule has 1 N–H and O–H groups in total. The summed E-state index contributed by atoms with van der Waals surface area (Å²) in [6.07, 6.45) is 0. The zero-order valence-electron chi connectivity index (χ0n) is 10.0. The van der Waals surface area contributed by atoms with E-state index in [2.05, 4.69) is 5.32 Å². The average Bonchev–Trinajstić information content (AvgIpc) is 2.38. The first-order valence-corrected chi connectivity index (χ1v) is 6.63. The normalized spacial score (nSPS) is 10.3. The number of hydrogen-bond donors (Lipinski definition) is 1. The molecule has 0 fully saturated rings. The summed E-state index contributed by atoms with van der Waals surface area (Å²) in [5.41, 5.74) is 2.19. The van der Waals surface area contributed by atoms with E-state index in [1.807, 2.05) is 31.2 Å². The van der Waals surface area contributed by atoms with E-state index >= 15 is 0 Å². The molecule has 0 spiro atoms. The van der Waals surface area contributed by atoms with Crippen molar-refractivity contribution in [2.45, 2.75) is 6.92 Å². The molecule has 2 nitrogen and oxygen atoms in total. The molecule has 2 rings (SSSR count). The van der Waals surface area contributed by atoms with Gasteiger partial charge in [-0.2, -0.15) is 0 Å². The summed E-state index contributed by atoms with van der Waals surface area (Å²) < 4.78 is 0.